The van der Waals surface area contributed by atoms with E-state index in [1.807, 2.05) is 19.9 Å². The molecule has 0 bridgehead atoms. The van der Waals surface area contributed by atoms with Gasteiger partial charge in [-0.3, -0.25) is 4.79 Å². The maximum absolute atomic E-state index is 13.2. The number of hydrogen-bond donors (Lipinski definition) is 0. The fourth-order valence-electron chi connectivity index (χ4n) is 4.01. The van der Waals surface area contributed by atoms with E-state index >= 15 is 0 Å². The Bertz CT molecular complexity index is 1030. The summed E-state index contributed by atoms with van der Waals surface area (Å²) in [6, 6.07) is 4.32. The average molecular weight is 453 g/mol. The van der Waals surface area contributed by atoms with E-state index < -0.39 is 22.7 Å². The van der Waals surface area contributed by atoms with Crippen molar-refractivity contribution in [3.8, 4) is 0 Å². The van der Waals surface area contributed by atoms with Crippen molar-refractivity contribution >= 4 is 23.5 Å². The zero-order chi connectivity index (χ0) is 22.3. The number of amides is 1. The SMILES string of the molecule is CCc1ccnc(N2N=NC3C(C)N(C(=O)c4cccc(C(F)(F)F)c4Cl)CCC32)n1. The first-order valence-corrected chi connectivity index (χ1v) is 10.3. The van der Waals surface area contributed by atoms with Crippen LogP contribution in [0.25, 0.3) is 0 Å². The highest BCUT2D eigenvalue weighted by atomic mass is 35.5. The molecule has 31 heavy (non-hydrogen) atoms. The molecule has 164 valence electrons. The number of fused-ring (bicyclic) bond motifs is 1. The largest absolute Gasteiger partial charge is 0.417 e. The van der Waals surface area contributed by atoms with Crippen molar-refractivity contribution in [3.05, 3.63) is 52.3 Å². The van der Waals surface area contributed by atoms with Crippen molar-refractivity contribution in [2.75, 3.05) is 11.6 Å². The highest BCUT2D eigenvalue weighted by molar-refractivity contribution is 6.34. The second kappa shape index (κ2) is 8.07. The van der Waals surface area contributed by atoms with Gasteiger partial charge in [-0.1, -0.05) is 29.8 Å². The summed E-state index contributed by atoms with van der Waals surface area (Å²) in [6.45, 7) is 4.12. The minimum Gasteiger partial charge on any atom is -0.334 e. The molecule has 1 fully saturated rings. The quantitative estimate of drug-likeness (QED) is 0.683. The Labute approximate surface area is 181 Å². The molecule has 11 heteroatoms. The van der Waals surface area contributed by atoms with Crippen molar-refractivity contribution in [3.63, 3.8) is 0 Å². The summed E-state index contributed by atoms with van der Waals surface area (Å²) in [5.41, 5.74) is -0.321. The van der Waals surface area contributed by atoms with Gasteiger partial charge in [0.2, 0.25) is 5.95 Å². The molecule has 0 saturated carbocycles. The highest BCUT2D eigenvalue weighted by Gasteiger charge is 2.46. The van der Waals surface area contributed by atoms with Gasteiger partial charge in [0, 0.05) is 18.4 Å². The molecule has 3 heterocycles. The number of piperidine rings is 1. The number of nitrogens with zero attached hydrogens (tertiary/aromatic N) is 6. The predicted octanol–water partition coefficient (Wildman–Crippen LogP) is 4.57. The van der Waals surface area contributed by atoms with Gasteiger partial charge < -0.3 is 4.90 Å². The Kier molecular flexibility index (Phi) is 5.59. The molecule has 0 spiro atoms. The molecular formula is C20H20ClF3N6O. The van der Waals surface area contributed by atoms with Crippen LogP contribution in [0.15, 0.2) is 40.8 Å². The molecule has 3 unspecified atom stereocenters. The summed E-state index contributed by atoms with van der Waals surface area (Å²) >= 11 is 5.96. The number of carbonyl (C=O) groups is 1. The standard InChI is InChI=1S/C20H20ClF3N6O/c1-3-12-7-9-25-19(26-12)30-15-8-10-29(11(2)17(15)27-28-30)18(31)13-5-4-6-14(16(13)21)20(22,23)24/h4-7,9,11,15,17H,3,8,10H2,1-2H3. The summed E-state index contributed by atoms with van der Waals surface area (Å²) in [5, 5.41) is 9.63. The van der Waals surface area contributed by atoms with Gasteiger partial charge in [-0.15, -0.1) is 0 Å². The van der Waals surface area contributed by atoms with Gasteiger partial charge in [-0.2, -0.15) is 18.3 Å². The van der Waals surface area contributed by atoms with Crippen molar-refractivity contribution in [2.45, 2.75) is 51.0 Å². The van der Waals surface area contributed by atoms with Crippen LogP contribution in [-0.2, 0) is 12.6 Å². The molecule has 1 amide bonds. The lowest BCUT2D eigenvalue weighted by Crippen LogP contribution is -2.56. The van der Waals surface area contributed by atoms with Crippen LogP contribution in [0.3, 0.4) is 0 Å². The normalized spacial score (nSPS) is 23.2. The minimum absolute atomic E-state index is 0.136. The van der Waals surface area contributed by atoms with Crippen LogP contribution in [0.2, 0.25) is 5.02 Å². The maximum Gasteiger partial charge on any atom is 0.417 e. The van der Waals surface area contributed by atoms with Crippen molar-refractivity contribution in [1.82, 2.24) is 14.9 Å². The van der Waals surface area contributed by atoms with Crippen LogP contribution in [0.4, 0.5) is 19.1 Å². The van der Waals surface area contributed by atoms with E-state index in [4.69, 9.17) is 11.6 Å². The van der Waals surface area contributed by atoms with Crippen LogP contribution in [-0.4, -0.2) is 45.4 Å². The Morgan fingerprint density at radius 2 is 2.06 bits per heavy atom. The summed E-state index contributed by atoms with van der Waals surface area (Å²) < 4.78 is 39.6. The van der Waals surface area contributed by atoms with E-state index in [0.29, 0.717) is 18.9 Å². The molecule has 0 radical (unpaired) electrons. The lowest BCUT2D eigenvalue weighted by Gasteiger charge is -2.40. The van der Waals surface area contributed by atoms with Crippen LogP contribution in [0, 0.1) is 0 Å². The maximum atomic E-state index is 13.2. The van der Waals surface area contributed by atoms with E-state index in [-0.39, 0.29) is 23.7 Å². The second-order valence-corrected chi connectivity index (χ2v) is 7.88. The fraction of sp³-hybridized carbons (Fsp3) is 0.450. The summed E-state index contributed by atoms with van der Waals surface area (Å²) in [5.74, 6) is -0.108. The molecule has 1 aromatic heterocycles. The van der Waals surface area contributed by atoms with Gasteiger partial charge in [0.1, 0.15) is 6.04 Å². The Hall–Kier alpha value is -2.75. The molecule has 0 N–H and O–H groups in total. The van der Waals surface area contributed by atoms with Crippen LogP contribution in [0.5, 0.6) is 0 Å². The molecule has 3 atom stereocenters. The first kappa shape index (κ1) is 21.5. The zero-order valence-electron chi connectivity index (χ0n) is 16.8. The zero-order valence-corrected chi connectivity index (χ0v) is 17.6. The molecular weight excluding hydrogens is 433 g/mol. The van der Waals surface area contributed by atoms with Gasteiger partial charge in [0.25, 0.3) is 5.91 Å². The predicted molar refractivity (Wildman–Crippen MR) is 108 cm³/mol. The number of hydrogen-bond acceptors (Lipinski definition) is 6. The first-order valence-electron chi connectivity index (χ1n) is 9.91. The molecule has 4 rings (SSSR count). The topological polar surface area (TPSA) is 74.1 Å². The Morgan fingerprint density at radius 3 is 2.77 bits per heavy atom. The number of anilines is 1. The Balaban J connectivity index is 1.56. The summed E-state index contributed by atoms with van der Waals surface area (Å²) in [7, 11) is 0. The van der Waals surface area contributed by atoms with E-state index in [1.54, 1.807) is 11.2 Å². The average Bonchev–Trinajstić information content (AvgIpc) is 3.18. The third kappa shape index (κ3) is 3.84. The molecule has 0 aliphatic carbocycles. The van der Waals surface area contributed by atoms with E-state index in [9.17, 15) is 18.0 Å². The van der Waals surface area contributed by atoms with E-state index in [0.717, 1.165) is 18.2 Å². The fourth-order valence-corrected chi connectivity index (χ4v) is 4.33. The van der Waals surface area contributed by atoms with Gasteiger partial charge in [0.05, 0.1) is 28.2 Å². The summed E-state index contributed by atoms with van der Waals surface area (Å²) in [4.78, 5) is 23.4. The van der Waals surface area contributed by atoms with Crippen LogP contribution >= 0.6 is 11.6 Å². The van der Waals surface area contributed by atoms with Gasteiger partial charge in [0.15, 0.2) is 0 Å². The number of likely N-dealkylation sites (tertiary alicyclic amines) is 1. The molecule has 2 aliphatic heterocycles. The first-order chi connectivity index (χ1) is 14.7. The minimum atomic E-state index is -4.64. The van der Waals surface area contributed by atoms with Crippen molar-refractivity contribution < 1.29 is 18.0 Å². The van der Waals surface area contributed by atoms with E-state index in [1.165, 1.54) is 17.0 Å². The van der Waals surface area contributed by atoms with Crippen molar-refractivity contribution in [2.24, 2.45) is 10.3 Å². The number of alkyl halides is 3. The second-order valence-electron chi connectivity index (χ2n) is 7.50. The lowest BCUT2D eigenvalue weighted by molar-refractivity contribution is -0.137. The number of halogens is 4. The molecule has 2 aliphatic rings. The third-order valence-electron chi connectivity index (χ3n) is 5.70. The monoisotopic (exact) mass is 452 g/mol. The van der Waals surface area contributed by atoms with Gasteiger partial charge in [-0.05, 0) is 38.0 Å². The van der Waals surface area contributed by atoms with E-state index in [2.05, 4.69) is 20.3 Å². The molecule has 2 aromatic rings. The van der Waals surface area contributed by atoms with Crippen LogP contribution < -0.4 is 5.01 Å². The van der Waals surface area contributed by atoms with Crippen molar-refractivity contribution in [1.29, 1.82) is 0 Å². The van der Waals surface area contributed by atoms with Gasteiger partial charge in [-0.25, -0.2) is 15.0 Å². The lowest BCUT2D eigenvalue weighted by atomic mass is 9.92. The number of carbonyl (C=O) groups excluding carboxylic acids is 1. The Morgan fingerprint density at radius 1 is 1.29 bits per heavy atom. The van der Waals surface area contributed by atoms with Gasteiger partial charge >= 0.3 is 6.18 Å². The third-order valence-corrected chi connectivity index (χ3v) is 6.11. The number of benzene rings is 1. The molecule has 1 saturated heterocycles. The summed E-state index contributed by atoms with van der Waals surface area (Å²) in [6.07, 6.45) is -1.70. The molecule has 7 nitrogen and oxygen atoms in total. The van der Waals surface area contributed by atoms with Crippen LogP contribution in [0.1, 0.15) is 41.9 Å². The highest BCUT2D eigenvalue weighted by Crippen LogP contribution is 2.38. The molecule has 1 aromatic carbocycles. The smallest absolute Gasteiger partial charge is 0.334 e. The number of aromatic nitrogens is 2. The number of aryl methyl sites for hydroxylation is 1. The number of rotatable bonds is 3.